The van der Waals surface area contributed by atoms with E-state index < -0.39 is 10.2 Å². The second-order valence-corrected chi connectivity index (χ2v) is 6.01. The topological polar surface area (TPSA) is 49.2 Å². The van der Waals surface area contributed by atoms with E-state index in [1.165, 1.54) is 36.4 Å². The summed E-state index contributed by atoms with van der Waals surface area (Å²) in [7, 11) is -3.10. The van der Waals surface area contributed by atoms with Crippen LogP contribution in [0.2, 0.25) is 0 Å². The zero-order valence-electron chi connectivity index (χ0n) is 8.41. The lowest BCUT2D eigenvalue weighted by Crippen LogP contribution is -2.34. The van der Waals surface area contributed by atoms with E-state index in [1.54, 1.807) is 0 Å². The molecule has 82 valence electrons. The molecule has 1 N–H and O–H groups in total. The smallest absolute Gasteiger partial charge is 0.202 e. The van der Waals surface area contributed by atoms with Gasteiger partial charge < -0.3 is 0 Å². The highest BCUT2D eigenvalue weighted by Crippen LogP contribution is 2.23. The molecule has 1 saturated carbocycles. The fraction of sp³-hybridized carbons (Fsp3) is 1.00. The largest absolute Gasteiger partial charge is 0.279 e. The Kier molecular flexibility index (Phi) is 3.09. The Morgan fingerprint density at radius 1 is 1.14 bits per heavy atom. The quantitative estimate of drug-likeness (QED) is 0.707. The van der Waals surface area contributed by atoms with Gasteiger partial charge in [0.1, 0.15) is 0 Å². The molecule has 4 nitrogen and oxygen atoms in total. The third-order valence-corrected chi connectivity index (χ3v) is 4.60. The van der Waals surface area contributed by atoms with Crippen molar-refractivity contribution < 1.29 is 8.42 Å². The van der Waals surface area contributed by atoms with E-state index in [-0.39, 0.29) is 0 Å². The van der Waals surface area contributed by atoms with Crippen molar-refractivity contribution in [2.45, 2.75) is 32.1 Å². The van der Waals surface area contributed by atoms with Crippen LogP contribution in [0.15, 0.2) is 0 Å². The van der Waals surface area contributed by atoms with Crippen molar-refractivity contribution >= 4 is 10.2 Å². The van der Waals surface area contributed by atoms with Gasteiger partial charge in [-0.15, -0.1) is 0 Å². The van der Waals surface area contributed by atoms with E-state index >= 15 is 0 Å². The lowest BCUT2D eigenvalue weighted by atomic mass is 9.90. The highest BCUT2D eigenvalue weighted by molar-refractivity contribution is 7.87. The van der Waals surface area contributed by atoms with Gasteiger partial charge in [0, 0.05) is 19.6 Å². The van der Waals surface area contributed by atoms with Gasteiger partial charge in [-0.05, 0) is 18.8 Å². The first kappa shape index (κ1) is 10.4. The maximum absolute atomic E-state index is 11.5. The molecule has 0 radical (unpaired) electrons. The Labute approximate surface area is 85.9 Å². The Balaban J connectivity index is 1.75. The van der Waals surface area contributed by atoms with Crippen LogP contribution in [0.3, 0.4) is 0 Å². The molecule has 0 aromatic rings. The van der Waals surface area contributed by atoms with E-state index in [4.69, 9.17) is 0 Å². The molecular weight excluding hydrogens is 200 g/mol. The normalized spacial score (nSPS) is 25.1. The monoisotopic (exact) mass is 218 g/mol. The average molecular weight is 218 g/mol. The van der Waals surface area contributed by atoms with E-state index in [9.17, 15) is 8.42 Å². The highest BCUT2D eigenvalue weighted by Gasteiger charge is 2.31. The van der Waals surface area contributed by atoms with Gasteiger partial charge in [-0.1, -0.05) is 19.3 Å². The summed E-state index contributed by atoms with van der Waals surface area (Å²) in [6, 6.07) is 0. The van der Waals surface area contributed by atoms with Crippen LogP contribution in [0.5, 0.6) is 0 Å². The predicted molar refractivity (Wildman–Crippen MR) is 55.1 cm³/mol. The Morgan fingerprint density at radius 2 is 1.79 bits per heavy atom. The molecule has 0 spiro atoms. The summed E-state index contributed by atoms with van der Waals surface area (Å²) in [5.74, 6) is 0.568. The standard InChI is InChI=1S/C9H18N2O2S/c12-14(13,11-6-7-11)10-8-9-4-2-1-3-5-9/h9-10H,1-8H2. The summed E-state index contributed by atoms with van der Waals surface area (Å²) in [6.07, 6.45) is 6.20. The van der Waals surface area contributed by atoms with Gasteiger partial charge >= 0.3 is 0 Å². The van der Waals surface area contributed by atoms with Crippen LogP contribution < -0.4 is 4.72 Å². The Bertz CT molecular complexity index is 279. The van der Waals surface area contributed by atoms with Crippen LogP contribution >= 0.6 is 0 Å². The van der Waals surface area contributed by atoms with Gasteiger partial charge in [0.2, 0.25) is 0 Å². The first-order chi connectivity index (χ1) is 6.68. The molecule has 0 amide bonds. The fourth-order valence-corrected chi connectivity index (χ4v) is 3.18. The maximum atomic E-state index is 11.5. The molecule has 5 heteroatoms. The molecule has 0 aromatic carbocycles. The Morgan fingerprint density at radius 3 is 2.36 bits per heavy atom. The van der Waals surface area contributed by atoms with Crippen molar-refractivity contribution in [3.63, 3.8) is 0 Å². The van der Waals surface area contributed by atoms with Gasteiger partial charge in [0.15, 0.2) is 0 Å². The summed E-state index contributed by atoms with van der Waals surface area (Å²) in [5.41, 5.74) is 0. The number of nitrogens with zero attached hydrogens (tertiary/aromatic N) is 1. The van der Waals surface area contributed by atoms with Crippen LogP contribution in [0.4, 0.5) is 0 Å². The molecular formula is C9H18N2O2S. The zero-order chi connectivity index (χ0) is 10.0. The van der Waals surface area contributed by atoms with Crippen LogP contribution in [-0.4, -0.2) is 32.4 Å². The molecule has 0 atom stereocenters. The zero-order valence-corrected chi connectivity index (χ0v) is 9.22. The van der Waals surface area contributed by atoms with Gasteiger partial charge in [0.05, 0.1) is 0 Å². The van der Waals surface area contributed by atoms with Gasteiger partial charge in [0.25, 0.3) is 10.2 Å². The Hall–Kier alpha value is -0.130. The number of rotatable bonds is 4. The van der Waals surface area contributed by atoms with Crippen molar-refractivity contribution in [2.75, 3.05) is 19.6 Å². The number of nitrogens with one attached hydrogen (secondary N) is 1. The molecule has 2 aliphatic rings. The summed E-state index contributed by atoms with van der Waals surface area (Å²) < 4.78 is 27.1. The van der Waals surface area contributed by atoms with E-state index in [1.807, 2.05) is 0 Å². The molecule has 2 rings (SSSR count). The summed E-state index contributed by atoms with van der Waals surface area (Å²) in [5, 5.41) is 0. The minimum Gasteiger partial charge on any atom is -0.202 e. The average Bonchev–Trinajstić information content (AvgIpc) is 3.00. The predicted octanol–water partition coefficient (Wildman–Crippen LogP) is 0.717. The fourth-order valence-electron chi connectivity index (χ4n) is 1.99. The molecule has 1 aliphatic heterocycles. The second-order valence-electron chi connectivity index (χ2n) is 4.26. The highest BCUT2D eigenvalue weighted by atomic mass is 32.2. The SMILES string of the molecule is O=S(=O)(NCC1CCCCC1)N1CC1. The van der Waals surface area contributed by atoms with Crippen molar-refractivity contribution in [2.24, 2.45) is 5.92 Å². The van der Waals surface area contributed by atoms with Crippen molar-refractivity contribution in [1.29, 1.82) is 0 Å². The van der Waals surface area contributed by atoms with E-state index in [0.29, 0.717) is 25.6 Å². The maximum Gasteiger partial charge on any atom is 0.279 e. The van der Waals surface area contributed by atoms with Crippen molar-refractivity contribution in [1.82, 2.24) is 9.03 Å². The molecule has 2 fully saturated rings. The summed E-state index contributed by atoms with van der Waals surface area (Å²) in [6.45, 7) is 2.03. The molecule has 0 unspecified atom stereocenters. The summed E-state index contributed by atoms with van der Waals surface area (Å²) in [4.78, 5) is 0. The van der Waals surface area contributed by atoms with E-state index in [2.05, 4.69) is 4.72 Å². The van der Waals surface area contributed by atoms with Crippen LogP contribution in [0.1, 0.15) is 32.1 Å². The van der Waals surface area contributed by atoms with Crippen LogP contribution in [-0.2, 0) is 10.2 Å². The third kappa shape index (κ3) is 2.68. The molecule has 14 heavy (non-hydrogen) atoms. The molecule has 0 aromatic heterocycles. The molecule has 1 heterocycles. The van der Waals surface area contributed by atoms with Crippen molar-refractivity contribution in [3.8, 4) is 0 Å². The second kappa shape index (κ2) is 4.16. The van der Waals surface area contributed by atoms with Crippen LogP contribution in [0.25, 0.3) is 0 Å². The minimum absolute atomic E-state index is 0.568. The van der Waals surface area contributed by atoms with Crippen molar-refractivity contribution in [3.05, 3.63) is 0 Å². The minimum atomic E-state index is -3.10. The van der Waals surface area contributed by atoms with Gasteiger partial charge in [-0.25, -0.2) is 4.72 Å². The number of hydrogen-bond acceptors (Lipinski definition) is 2. The third-order valence-electron chi connectivity index (χ3n) is 3.03. The molecule has 0 bridgehead atoms. The lowest BCUT2D eigenvalue weighted by molar-refractivity contribution is 0.355. The molecule has 1 aliphatic carbocycles. The number of hydrogen-bond donors (Lipinski definition) is 1. The lowest BCUT2D eigenvalue weighted by Gasteiger charge is -2.21. The van der Waals surface area contributed by atoms with Crippen LogP contribution in [0, 0.1) is 5.92 Å². The molecule has 1 saturated heterocycles. The summed E-state index contributed by atoms with van der Waals surface area (Å²) >= 11 is 0. The first-order valence-electron chi connectivity index (χ1n) is 5.43. The van der Waals surface area contributed by atoms with E-state index in [0.717, 1.165) is 0 Å². The first-order valence-corrected chi connectivity index (χ1v) is 6.87. The van der Waals surface area contributed by atoms with Gasteiger partial charge in [-0.2, -0.15) is 12.7 Å². The van der Waals surface area contributed by atoms with Gasteiger partial charge in [-0.3, -0.25) is 0 Å².